The number of nitrogens with one attached hydrogen (secondary N) is 2. The number of anilines is 2. The zero-order chi connectivity index (χ0) is 22.8. The number of carbonyl (C=O) groups excluding carboxylic acids is 1. The number of rotatable bonds is 5. The average Bonchev–Trinajstić information content (AvgIpc) is 3.16. The van der Waals surface area contributed by atoms with E-state index in [0.717, 1.165) is 27.9 Å². The number of hydrogen-bond acceptors (Lipinski definition) is 4. The highest BCUT2D eigenvalue weighted by Gasteiger charge is 2.11. The number of hydrogen-bond donors (Lipinski definition) is 3. The molecular formula is C26H21N5OS. The lowest BCUT2D eigenvalue weighted by Crippen LogP contribution is -2.13. The highest BCUT2D eigenvalue weighted by atomic mass is 32.1. The molecular weight excluding hydrogens is 430 g/mol. The highest BCUT2D eigenvalue weighted by Crippen LogP contribution is 2.27. The molecule has 0 aliphatic carbocycles. The van der Waals surface area contributed by atoms with Crippen LogP contribution in [-0.4, -0.2) is 20.4 Å². The number of carbonyl (C=O) groups is 1. The van der Waals surface area contributed by atoms with Crippen molar-refractivity contribution < 1.29 is 4.79 Å². The van der Waals surface area contributed by atoms with Crippen molar-refractivity contribution in [2.24, 2.45) is 0 Å². The molecule has 0 unspecified atom stereocenters. The topological polar surface area (TPSA) is 88.7 Å². The molecule has 162 valence electrons. The number of nitrogen functional groups attached to an aromatic ring is 1. The van der Waals surface area contributed by atoms with Crippen molar-refractivity contribution in [1.82, 2.24) is 14.5 Å². The quantitative estimate of drug-likeness (QED) is 0.238. The second-order valence-electron chi connectivity index (χ2n) is 7.71. The summed E-state index contributed by atoms with van der Waals surface area (Å²) in [5.41, 5.74) is 12.5. The van der Waals surface area contributed by atoms with Gasteiger partial charge in [0.25, 0.3) is 5.91 Å². The summed E-state index contributed by atoms with van der Waals surface area (Å²) < 4.78 is 2.55. The summed E-state index contributed by atoms with van der Waals surface area (Å²) in [7, 11) is 0. The summed E-state index contributed by atoms with van der Waals surface area (Å²) in [5.74, 6) is -0.219. The van der Waals surface area contributed by atoms with Gasteiger partial charge in [0.2, 0.25) is 0 Å². The fraction of sp³-hybridized carbons (Fsp3) is 0.0385. The van der Waals surface area contributed by atoms with Crippen molar-refractivity contribution in [3.8, 4) is 11.1 Å². The van der Waals surface area contributed by atoms with Gasteiger partial charge in [-0.3, -0.25) is 9.36 Å². The Hall–Kier alpha value is -4.23. The molecule has 0 aliphatic heterocycles. The van der Waals surface area contributed by atoms with E-state index >= 15 is 0 Å². The van der Waals surface area contributed by atoms with Gasteiger partial charge in [-0.1, -0.05) is 48.5 Å². The molecule has 33 heavy (non-hydrogen) atoms. The minimum absolute atomic E-state index is 0.219. The van der Waals surface area contributed by atoms with E-state index in [-0.39, 0.29) is 5.91 Å². The lowest BCUT2D eigenvalue weighted by atomic mass is 10.0. The van der Waals surface area contributed by atoms with Crippen molar-refractivity contribution >= 4 is 40.7 Å². The monoisotopic (exact) mass is 451 g/mol. The Labute approximate surface area is 195 Å². The van der Waals surface area contributed by atoms with E-state index in [1.54, 1.807) is 24.4 Å². The maximum Gasteiger partial charge on any atom is 0.255 e. The summed E-state index contributed by atoms with van der Waals surface area (Å²) >= 11 is 5.44. The van der Waals surface area contributed by atoms with Gasteiger partial charge in [-0.2, -0.15) is 0 Å². The number of imidazole rings is 1. The lowest BCUT2D eigenvalue weighted by molar-refractivity contribution is 0.102. The van der Waals surface area contributed by atoms with Crippen LogP contribution in [0.3, 0.4) is 0 Å². The predicted molar refractivity (Wildman–Crippen MR) is 135 cm³/mol. The van der Waals surface area contributed by atoms with Gasteiger partial charge in [0.1, 0.15) is 0 Å². The molecule has 1 amide bonds. The highest BCUT2D eigenvalue weighted by molar-refractivity contribution is 7.71. The Bertz CT molecular complexity index is 1500. The van der Waals surface area contributed by atoms with E-state index in [9.17, 15) is 4.79 Å². The Kier molecular flexibility index (Phi) is 5.46. The third-order valence-electron chi connectivity index (χ3n) is 5.49. The molecule has 0 radical (unpaired) electrons. The summed E-state index contributed by atoms with van der Waals surface area (Å²) in [6, 6.07) is 26.9. The predicted octanol–water partition coefficient (Wildman–Crippen LogP) is 5.64. The van der Waals surface area contributed by atoms with E-state index < -0.39 is 0 Å². The molecule has 6 nitrogen and oxygen atoms in total. The van der Waals surface area contributed by atoms with E-state index in [1.807, 2.05) is 71.3 Å². The van der Waals surface area contributed by atoms with E-state index in [4.69, 9.17) is 18.0 Å². The van der Waals surface area contributed by atoms with E-state index in [1.165, 1.54) is 0 Å². The molecule has 0 spiro atoms. The first-order valence-electron chi connectivity index (χ1n) is 10.5. The fourth-order valence-electron chi connectivity index (χ4n) is 3.75. The molecule has 0 aliphatic rings. The number of nitrogens with zero attached hydrogens (tertiary/aromatic N) is 2. The third-order valence-corrected chi connectivity index (χ3v) is 5.82. The Morgan fingerprint density at radius 1 is 0.970 bits per heavy atom. The van der Waals surface area contributed by atoms with E-state index in [0.29, 0.717) is 28.3 Å². The molecule has 0 saturated heterocycles. The number of aromatic amines is 1. The maximum atomic E-state index is 12.9. The van der Waals surface area contributed by atoms with Crippen LogP contribution in [0.2, 0.25) is 0 Å². The second-order valence-corrected chi connectivity index (χ2v) is 8.10. The van der Waals surface area contributed by atoms with Crippen LogP contribution in [0.15, 0.2) is 91.1 Å². The van der Waals surface area contributed by atoms with Gasteiger partial charge < -0.3 is 16.0 Å². The molecule has 4 N–H and O–H groups in total. The van der Waals surface area contributed by atoms with Crippen molar-refractivity contribution in [2.45, 2.75) is 6.54 Å². The van der Waals surface area contributed by atoms with Gasteiger partial charge in [-0.05, 0) is 65.3 Å². The number of fused-ring (bicyclic) bond motifs is 1. The van der Waals surface area contributed by atoms with Gasteiger partial charge >= 0.3 is 0 Å². The van der Waals surface area contributed by atoms with Crippen LogP contribution in [0.5, 0.6) is 0 Å². The SMILES string of the molecule is Nc1ccc(-c2ccccc2)cc1NC(=O)c1ccc(Cn2c(=S)[nH]c3cccnc32)cc1. The smallest absolute Gasteiger partial charge is 0.255 e. The summed E-state index contributed by atoms with van der Waals surface area (Å²) in [4.78, 5) is 20.4. The van der Waals surface area contributed by atoms with Crippen LogP contribution in [0.1, 0.15) is 15.9 Å². The van der Waals surface area contributed by atoms with Crippen LogP contribution in [-0.2, 0) is 6.54 Å². The van der Waals surface area contributed by atoms with Gasteiger partial charge in [0.15, 0.2) is 10.4 Å². The molecule has 0 bridgehead atoms. The van der Waals surface area contributed by atoms with Gasteiger partial charge in [-0.15, -0.1) is 0 Å². The van der Waals surface area contributed by atoms with Gasteiger partial charge in [0, 0.05) is 11.8 Å². The molecule has 0 atom stereocenters. The van der Waals surface area contributed by atoms with Crippen LogP contribution in [0.4, 0.5) is 11.4 Å². The zero-order valence-corrected chi connectivity index (χ0v) is 18.5. The molecule has 0 fully saturated rings. The van der Waals surface area contributed by atoms with Crippen molar-refractivity contribution in [3.05, 3.63) is 107 Å². The largest absolute Gasteiger partial charge is 0.397 e. The van der Waals surface area contributed by atoms with Crippen molar-refractivity contribution in [3.63, 3.8) is 0 Å². The van der Waals surface area contributed by atoms with E-state index in [2.05, 4.69) is 15.3 Å². The number of amides is 1. The normalized spacial score (nSPS) is 10.9. The molecule has 2 heterocycles. The minimum atomic E-state index is -0.219. The second kappa shape index (κ2) is 8.72. The maximum absolute atomic E-state index is 12.9. The standard InChI is InChI=1S/C26H21N5OS/c27-21-13-12-20(18-5-2-1-3-6-18)15-23(21)29-25(32)19-10-8-17(9-11-19)16-31-24-22(30-26(31)33)7-4-14-28-24/h1-15H,16,27H2,(H,29,32)(H,30,33). The number of pyridine rings is 1. The Morgan fingerprint density at radius 3 is 2.55 bits per heavy atom. The molecule has 7 heteroatoms. The molecule has 5 aromatic rings. The van der Waals surface area contributed by atoms with Gasteiger partial charge in [0.05, 0.1) is 23.4 Å². The number of aromatic nitrogens is 3. The summed E-state index contributed by atoms with van der Waals surface area (Å²) in [5, 5.41) is 2.93. The van der Waals surface area contributed by atoms with Crippen molar-refractivity contribution in [2.75, 3.05) is 11.1 Å². The fourth-order valence-corrected chi connectivity index (χ4v) is 4.01. The molecule has 5 rings (SSSR count). The number of nitrogens with two attached hydrogens (primary N) is 1. The Balaban J connectivity index is 1.34. The first-order chi connectivity index (χ1) is 16.1. The average molecular weight is 452 g/mol. The van der Waals surface area contributed by atoms with Crippen molar-refractivity contribution in [1.29, 1.82) is 0 Å². The molecule has 0 saturated carbocycles. The first-order valence-corrected chi connectivity index (χ1v) is 10.9. The van der Waals surface area contributed by atoms with Crippen LogP contribution < -0.4 is 11.1 Å². The van der Waals surface area contributed by atoms with Crippen LogP contribution in [0, 0.1) is 4.77 Å². The lowest BCUT2D eigenvalue weighted by Gasteiger charge is -2.11. The van der Waals surface area contributed by atoms with Crippen LogP contribution in [0.25, 0.3) is 22.3 Å². The Morgan fingerprint density at radius 2 is 1.76 bits per heavy atom. The minimum Gasteiger partial charge on any atom is -0.397 e. The zero-order valence-electron chi connectivity index (χ0n) is 17.7. The third kappa shape index (κ3) is 4.26. The van der Waals surface area contributed by atoms with Gasteiger partial charge in [-0.25, -0.2) is 4.98 Å². The first kappa shape index (κ1) is 20.7. The molecule has 2 aromatic heterocycles. The number of benzene rings is 3. The summed E-state index contributed by atoms with van der Waals surface area (Å²) in [6.07, 6.45) is 1.74. The molecule has 3 aromatic carbocycles. The number of H-pyrrole nitrogens is 1. The summed E-state index contributed by atoms with van der Waals surface area (Å²) in [6.45, 7) is 0.559. The van der Waals surface area contributed by atoms with Crippen LogP contribution >= 0.6 is 12.2 Å².